The molecule has 0 spiro atoms. The molecule has 1 amide bonds. The van der Waals surface area contributed by atoms with Crippen molar-refractivity contribution in [2.75, 3.05) is 5.32 Å². The molecule has 0 bridgehead atoms. The second-order valence-corrected chi connectivity index (χ2v) is 6.03. The summed E-state index contributed by atoms with van der Waals surface area (Å²) in [4.78, 5) is 16.0. The Morgan fingerprint density at radius 2 is 2.00 bits per heavy atom. The van der Waals surface area contributed by atoms with E-state index in [-0.39, 0.29) is 11.9 Å². The van der Waals surface area contributed by atoms with E-state index in [1.54, 1.807) is 12.1 Å². The van der Waals surface area contributed by atoms with Gasteiger partial charge in [0.25, 0.3) is 0 Å². The van der Waals surface area contributed by atoms with E-state index in [1.165, 1.54) is 6.20 Å². The zero-order valence-electron chi connectivity index (χ0n) is 12.8. The number of aromatic nitrogens is 1. The molecule has 1 aromatic carbocycles. The van der Waals surface area contributed by atoms with Crippen LogP contribution in [0.25, 0.3) is 0 Å². The maximum Gasteiger partial charge on any atom is 0.242 e. The number of halogens is 1. The monoisotopic (exact) mass is 331 g/mol. The van der Waals surface area contributed by atoms with Gasteiger partial charge in [0, 0.05) is 24.0 Å². The number of pyridine rings is 1. The van der Waals surface area contributed by atoms with Crippen molar-refractivity contribution in [3.05, 3.63) is 47.6 Å². The summed E-state index contributed by atoms with van der Waals surface area (Å²) in [6.07, 6.45) is 3.71. The quantitative estimate of drug-likeness (QED) is 0.848. The predicted molar refractivity (Wildman–Crippen MR) is 90.0 cm³/mol. The molecular formula is C17H18ClN3O2. The maximum atomic E-state index is 11.9. The normalized spacial score (nSPS) is 14.9. The first-order valence-corrected chi connectivity index (χ1v) is 7.94. The summed E-state index contributed by atoms with van der Waals surface area (Å²) in [5.74, 6) is 1.17. The molecule has 1 aliphatic carbocycles. The van der Waals surface area contributed by atoms with Crippen LogP contribution in [0.4, 0.5) is 5.69 Å². The number of anilines is 1. The topological polar surface area (TPSA) is 63.2 Å². The zero-order valence-corrected chi connectivity index (χ0v) is 13.5. The molecule has 3 rings (SSSR count). The van der Waals surface area contributed by atoms with Crippen LogP contribution in [0.1, 0.15) is 19.8 Å². The number of hydrogen-bond donors (Lipinski definition) is 2. The highest BCUT2D eigenvalue weighted by Crippen LogP contribution is 2.23. The third-order valence-electron chi connectivity index (χ3n) is 3.48. The molecular weight excluding hydrogens is 314 g/mol. The second-order valence-electron chi connectivity index (χ2n) is 5.59. The summed E-state index contributed by atoms with van der Waals surface area (Å²) >= 11 is 5.79. The van der Waals surface area contributed by atoms with E-state index in [4.69, 9.17) is 16.3 Å². The SMILES string of the molecule is C[C@@H](Nc1ccc(Oc2ccc(Cl)cn2)cc1)C(=O)NC1CC1. The van der Waals surface area contributed by atoms with Crippen molar-refractivity contribution in [2.24, 2.45) is 0 Å². The first-order valence-electron chi connectivity index (χ1n) is 7.56. The van der Waals surface area contributed by atoms with Gasteiger partial charge in [-0.05, 0) is 50.1 Å². The van der Waals surface area contributed by atoms with Crippen LogP contribution in [0.5, 0.6) is 11.6 Å². The molecule has 0 radical (unpaired) electrons. The third-order valence-corrected chi connectivity index (χ3v) is 3.70. The molecule has 1 aromatic heterocycles. The minimum absolute atomic E-state index is 0.0261. The van der Waals surface area contributed by atoms with E-state index in [0.717, 1.165) is 18.5 Å². The molecule has 2 aromatic rings. The summed E-state index contributed by atoms with van der Waals surface area (Å²) in [5, 5.41) is 6.72. The summed E-state index contributed by atoms with van der Waals surface area (Å²) in [6, 6.07) is 10.9. The first-order chi connectivity index (χ1) is 11.1. The summed E-state index contributed by atoms with van der Waals surface area (Å²) in [7, 11) is 0. The molecule has 1 atom stereocenters. The van der Waals surface area contributed by atoms with Gasteiger partial charge in [-0.3, -0.25) is 4.79 Å². The summed E-state index contributed by atoms with van der Waals surface area (Å²) in [6.45, 7) is 1.85. The fourth-order valence-electron chi connectivity index (χ4n) is 2.03. The molecule has 6 heteroatoms. The van der Waals surface area contributed by atoms with Gasteiger partial charge in [-0.25, -0.2) is 4.98 Å². The Morgan fingerprint density at radius 1 is 1.26 bits per heavy atom. The molecule has 0 saturated heterocycles. The highest BCUT2D eigenvalue weighted by molar-refractivity contribution is 6.30. The number of benzene rings is 1. The van der Waals surface area contributed by atoms with Crippen LogP contribution in [0.2, 0.25) is 5.02 Å². The molecule has 1 aliphatic rings. The van der Waals surface area contributed by atoms with Gasteiger partial charge in [-0.15, -0.1) is 0 Å². The molecule has 1 saturated carbocycles. The number of amides is 1. The molecule has 5 nitrogen and oxygen atoms in total. The van der Waals surface area contributed by atoms with Crippen LogP contribution in [-0.2, 0) is 4.79 Å². The Balaban J connectivity index is 1.55. The Morgan fingerprint density at radius 3 is 2.61 bits per heavy atom. The van der Waals surface area contributed by atoms with E-state index in [2.05, 4.69) is 15.6 Å². The largest absolute Gasteiger partial charge is 0.439 e. The van der Waals surface area contributed by atoms with E-state index < -0.39 is 0 Å². The van der Waals surface area contributed by atoms with Crippen molar-refractivity contribution in [3.63, 3.8) is 0 Å². The number of nitrogens with zero attached hydrogens (tertiary/aromatic N) is 1. The third kappa shape index (κ3) is 4.60. The Bertz CT molecular complexity index is 669. The van der Waals surface area contributed by atoms with Crippen LogP contribution in [0.3, 0.4) is 0 Å². The zero-order chi connectivity index (χ0) is 16.2. The minimum atomic E-state index is -0.277. The first kappa shape index (κ1) is 15.6. The van der Waals surface area contributed by atoms with Crippen LogP contribution in [0, 0.1) is 0 Å². The standard InChI is InChI=1S/C17H18ClN3O2/c1-11(17(22)21-14-3-4-14)20-13-5-7-15(8-6-13)23-16-9-2-12(18)10-19-16/h2,5-11,14,20H,3-4H2,1H3,(H,21,22)/t11-/m1/s1. The van der Waals surface area contributed by atoms with Crippen LogP contribution in [-0.4, -0.2) is 23.0 Å². The molecule has 0 unspecified atom stereocenters. The van der Waals surface area contributed by atoms with Crippen molar-refractivity contribution in [3.8, 4) is 11.6 Å². The van der Waals surface area contributed by atoms with E-state index in [1.807, 2.05) is 31.2 Å². The number of ether oxygens (including phenoxy) is 1. The van der Waals surface area contributed by atoms with Gasteiger partial charge in [0.2, 0.25) is 11.8 Å². The highest BCUT2D eigenvalue weighted by Gasteiger charge is 2.25. The van der Waals surface area contributed by atoms with Gasteiger partial charge < -0.3 is 15.4 Å². The van der Waals surface area contributed by atoms with Crippen molar-refractivity contribution in [1.29, 1.82) is 0 Å². The average molecular weight is 332 g/mol. The Hall–Kier alpha value is -2.27. The van der Waals surface area contributed by atoms with Crippen molar-refractivity contribution in [1.82, 2.24) is 10.3 Å². The number of nitrogens with one attached hydrogen (secondary N) is 2. The predicted octanol–water partition coefficient (Wildman–Crippen LogP) is 3.61. The number of rotatable bonds is 6. The molecule has 2 N–H and O–H groups in total. The number of carbonyl (C=O) groups excluding carboxylic acids is 1. The lowest BCUT2D eigenvalue weighted by atomic mass is 10.2. The van der Waals surface area contributed by atoms with Crippen LogP contribution in [0.15, 0.2) is 42.6 Å². The van der Waals surface area contributed by atoms with Crippen molar-refractivity contribution < 1.29 is 9.53 Å². The molecule has 23 heavy (non-hydrogen) atoms. The van der Waals surface area contributed by atoms with Gasteiger partial charge in [0.15, 0.2) is 0 Å². The fraction of sp³-hybridized carbons (Fsp3) is 0.294. The molecule has 0 aliphatic heterocycles. The van der Waals surface area contributed by atoms with Crippen molar-refractivity contribution >= 4 is 23.2 Å². The maximum absolute atomic E-state index is 11.9. The average Bonchev–Trinajstić information content (AvgIpc) is 3.35. The molecule has 1 fully saturated rings. The second kappa shape index (κ2) is 6.87. The van der Waals surface area contributed by atoms with E-state index >= 15 is 0 Å². The Labute approximate surface area is 140 Å². The van der Waals surface area contributed by atoms with Gasteiger partial charge in [0.1, 0.15) is 11.8 Å². The summed E-state index contributed by atoms with van der Waals surface area (Å²) < 4.78 is 5.62. The van der Waals surface area contributed by atoms with Crippen LogP contribution < -0.4 is 15.4 Å². The van der Waals surface area contributed by atoms with Crippen LogP contribution >= 0.6 is 11.6 Å². The smallest absolute Gasteiger partial charge is 0.242 e. The lowest BCUT2D eigenvalue weighted by molar-refractivity contribution is -0.121. The lowest BCUT2D eigenvalue weighted by Crippen LogP contribution is -2.38. The molecule has 120 valence electrons. The van der Waals surface area contributed by atoms with Crippen molar-refractivity contribution in [2.45, 2.75) is 31.8 Å². The fourth-order valence-corrected chi connectivity index (χ4v) is 2.14. The number of hydrogen-bond acceptors (Lipinski definition) is 4. The summed E-state index contributed by atoms with van der Waals surface area (Å²) in [5.41, 5.74) is 0.861. The Kier molecular flexibility index (Phi) is 4.67. The van der Waals surface area contributed by atoms with Gasteiger partial charge in [-0.2, -0.15) is 0 Å². The number of carbonyl (C=O) groups is 1. The molecule has 1 heterocycles. The van der Waals surface area contributed by atoms with E-state index in [0.29, 0.717) is 22.7 Å². The minimum Gasteiger partial charge on any atom is -0.439 e. The van der Waals surface area contributed by atoms with E-state index in [9.17, 15) is 4.79 Å². The highest BCUT2D eigenvalue weighted by atomic mass is 35.5. The van der Waals surface area contributed by atoms with Gasteiger partial charge in [-0.1, -0.05) is 11.6 Å². The van der Waals surface area contributed by atoms with Gasteiger partial charge >= 0.3 is 0 Å². The lowest BCUT2D eigenvalue weighted by Gasteiger charge is -2.15. The van der Waals surface area contributed by atoms with Gasteiger partial charge in [0.05, 0.1) is 5.02 Å².